The summed E-state index contributed by atoms with van der Waals surface area (Å²) in [5.74, 6) is 2.50. The third kappa shape index (κ3) is 8.69. The number of hydrogen-bond acceptors (Lipinski definition) is 2. The van der Waals surface area contributed by atoms with E-state index >= 15 is 0 Å². The minimum atomic E-state index is -1.61. The highest BCUT2D eigenvalue weighted by Crippen LogP contribution is 2.37. The molecule has 0 rings (SSSR count). The van der Waals surface area contributed by atoms with E-state index in [0.717, 1.165) is 18.9 Å². The van der Waals surface area contributed by atoms with Crippen molar-refractivity contribution in [3.05, 3.63) is 0 Å². The van der Waals surface area contributed by atoms with Gasteiger partial charge in [0.05, 0.1) is 0 Å². The second kappa shape index (κ2) is 9.44. The molecule has 2 nitrogen and oxygen atoms in total. The van der Waals surface area contributed by atoms with Gasteiger partial charge in [0.25, 0.3) is 0 Å². The molecule has 0 unspecified atom stereocenters. The van der Waals surface area contributed by atoms with Crippen LogP contribution in [0.3, 0.4) is 0 Å². The van der Waals surface area contributed by atoms with E-state index in [1.807, 2.05) is 0 Å². The van der Waals surface area contributed by atoms with Crippen molar-refractivity contribution in [2.75, 3.05) is 13.2 Å². The van der Waals surface area contributed by atoms with Crippen LogP contribution >= 0.6 is 0 Å². The number of hydrogen-bond donors (Lipinski definition) is 1. The average Bonchev–Trinajstić information content (AvgIpc) is 2.34. The molecule has 0 amide bonds. The van der Waals surface area contributed by atoms with Gasteiger partial charge in [0.15, 0.2) is 8.32 Å². The summed E-state index contributed by atoms with van der Waals surface area (Å²) in [4.78, 5) is 0. The Labute approximate surface area is 141 Å². The minimum absolute atomic E-state index is 0.299. The van der Waals surface area contributed by atoms with Crippen LogP contribution in [0.2, 0.25) is 18.1 Å². The monoisotopic (exact) mass is 330 g/mol. The predicted octanol–water partition coefficient (Wildman–Crippen LogP) is 5.72. The van der Waals surface area contributed by atoms with E-state index in [2.05, 4.69) is 61.6 Å². The SMILES string of the molecule is C[C@H](C[C@@H](C)C[C@@H](C)CO[Si](C)(C)C(C)(C)C)C[C@H](C)CO. The number of aliphatic hydroxyl groups is 1. The lowest BCUT2D eigenvalue weighted by molar-refractivity contribution is 0.192. The topological polar surface area (TPSA) is 29.5 Å². The molecule has 3 heteroatoms. The van der Waals surface area contributed by atoms with E-state index in [4.69, 9.17) is 9.53 Å². The fourth-order valence-electron chi connectivity index (χ4n) is 2.96. The van der Waals surface area contributed by atoms with Gasteiger partial charge in [-0.2, -0.15) is 0 Å². The lowest BCUT2D eigenvalue weighted by Gasteiger charge is -2.37. The lowest BCUT2D eigenvalue weighted by atomic mass is 9.86. The second-order valence-corrected chi connectivity index (χ2v) is 14.2. The highest BCUT2D eigenvalue weighted by atomic mass is 28.4. The summed E-state index contributed by atoms with van der Waals surface area (Å²) in [5, 5.41) is 9.46. The predicted molar refractivity (Wildman–Crippen MR) is 101 cm³/mol. The van der Waals surface area contributed by atoms with Crippen LogP contribution in [0.1, 0.15) is 67.7 Å². The van der Waals surface area contributed by atoms with Crippen molar-refractivity contribution >= 4 is 8.32 Å². The molecule has 0 aromatic rings. The fraction of sp³-hybridized carbons (Fsp3) is 1.00. The third-order valence-electron chi connectivity index (χ3n) is 5.26. The zero-order chi connectivity index (χ0) is 17.6. The summed E-state index contributed by atoms with van der Waals surface area (Å²) < 4.78 is 6.35. The number of aliphatic hydroxyl groups excluding tert-OH is 1. The van der Waals surface area contributed by atoms with Gasteiger partial charge >= 0.3 is 0 Å². The quantitative estimate of drug-likeness (QED) is 0.519. The van der Waals surface area contributed by atoms with Crippen LogP contribution in [0.15, 0.2) is 0 Å². The Bertz CT molecular complexity index is 296. The normalized spacial score (nSPS) is 18.8. The van der Waals surface area contributed by atoms with Gasteiger partial charge in [-0.25, -0.2) is 0 Å². The Morgan fingerprint density at radius 2 is 1.23 bits per heavy atom. The second-order valence-electron chi connectivity index (χ2n) is 9.38. The molecule has 0 bridgehead atoms. The average molecular weight is 331 g/mol. The molecule has 4 atom stereocenters. The van der Waals surface area contributed by atoms with Crippen molar-refractivity contribution < 1.29 is 9.53 Å². The summed E-state index contributed by atoms with van der Waals surface area (Å²) in [6, 6.07) is 0. The van der Waals surface area contributed by atoms with Gasteiger partial charge in [-0.1, -0.05) is 48.5 Å². The molecule has 0 aliphatic rings. The third-order valence-corrected chi connectivity index (χ3v) is 9.76. The molecular formula is C19H42O2Si. The van der Waals surface area contributed by atoms with E-state index in [1.165, 1.54) is 12.8 Å². The summed E-state index contributed by atoms with van der Waals surface area (Å²) in [6.45, 7) is 21.9. The number of rotatable bonds is 10. The molecule has 22 heavy (non-hydrogen) atoms. The first-order valence-electron chi connectivity index (χ1n) is 9.13. The van der Waals surface area contributed by atoms with Crippen LogP contribution < -0.4 is 0 Å². The van der Waals surface area contributed by atoms with Gasteiger partial charge < -0.3 is 9.53 Å². The molecular weight excluding hydrogens is 288 g/mol. The van der Waals surface area contributed by atoms with E-state index in [9.17, 15) is 0 Å². The van der Waals surface area contributed by atoms with Crippen molar-refractivity contribution in [2.24, 2.45) is 23.7 Å². The highest BCUT2D eigenvalue weighted by Gasteiger charge is 2.37. The zero-order valence-corrected chi connectivity index (χ0v) is 17.7. The molecule has 0 saturated carbocycles. The lowest BCUT2D eigenvalue weighted by Crippen LogP contribution is -2.41. The van der Waals surface area contributed by atoms with Crippen LogP contribution in [0.5, 0.6) is 0 Å². The van der Waals surface area contributed by atoms with Gasteiger partial charge in [-0.15, -0.1) is 0 Å². The van der Waals surface area contributed by atoms with Crippen molar-refractivity contribution in [2.45, 2.75) is 85.9 Å². The van der Waals surface area contributed by atoms with E-state index in [1.54, 1.807) is 0 Å². The molecule has 0 aliphatic heterocycles. The maximum absolute atomic E-state index is 9.16. The van der Waals surface area contributed by atoms with Crippen LogP contribution in [-0.4, -0.2) is 26.6 Å². The van der Waals surface area contributed by atoms with Crippen LogP contribution in [0, 0.1) is 23.7 Å². The zero-order valence-electron chi connectivity index (χ0n) is 16.7. The molecule has 0 aromatic carbocycles. The van der Waals surface area contributed by atoms with E-state index in [-0.39, 0.29) is 0 Å². The smallest absolute Gasteiger partial charge is 0.191 e. The van der Waals surface area contributed by atoms with Crippen molar-refractivity contribution in [1.29, 1.82) is 0 Å². The summed E-state index contributed by atoms with van der Waals surface area (Å²) in [5.41, 5.74) is 0. The minimum Gasteiger partial charge on any atom is -0.417 e. The molecule has 0 heterocycles. The Hall–Kier alpha value is 0.137. The van der Waals surface area contributed by atoms with Gasteiger partial charge in [0.2, 0.25) is 0 Å². The summed E-state index contributed by atoms with van der Waals surface area (Å²) >= 11 is 0. The van der Waals surface area contributed by atoms with E-state index < -0.39 is 8.32 Å². The Kier molecular flexibility index (Phi) is 9.50. The summed E-state index contributed by atoms with van der Waals surface area (Å²) in [6.07, 6.45) is 3.64. The van der Waals surface area contributed by atoms with Crippen LogP contribution in [0.4, 0.5) is 0 Å². The van der Waals surface area contributed by atoms with Crippen molar-refractivity contribution in [3.8, 4) is 0 Å². The first kappa shape index (κ1) is 22.1. The fourth-order valence-corrected chi connectivity index (χ4v) is 4.10. The Morgan fingerprint density at radius 1 is 0.818 bits per heavy atom. The van der Waals surface area contributed by atoms with Crippen LogP contribution in [0.25, 0.3) is 0 Å². The van der Waals surface area contributed by atoms with Gasteiger partial charge in [-0.05, 0) is 61.1 Å². The van der Waals surface area contributed by atoms with E-state index in [0.29, 0.717) is 29.4 Å². The highest BCUT2D eigenvalue weighted by molar-refractivity contribution is 6.74. The van der Waals surface area contributed by atoms with Gasteiger partial charge in [0.1, 0.15) is 0 Å². The standard InChI is InChI=1S/C19H42O2Si/c1-15(11-17(3)13-20)10-16(2)12-18(4)14-21-22(8,9)19(5,6)7/h15-18,20H,10-14H2,1-9H3/t15-,16-,17+,18-/m1/s1. The Morgan fingerprint density at radius 3 is 1.64 bits per heavy atom. The molecule has 134 valence electrons. The molecule has 0 aromatic heterocycles. The van der Waals surface area contributed by atoms with Gasteiger partial charge in [0, 0.05) is 13.2 Å². The molecule has 0 aliphatic carbocycles. The maximum atomic E-state index is 9.16. The first-order valence-corrected chi connectivity index (χ1v) is 12.0. The summed E-state index contributed by atoms with van der Waals surface area (Å²) in [7, 11) is -1.61. The molecule has 0 fully saturated rings. The molecule has 1 N–H and O–H groups in total. The van der Waals surface area contributed by atoms with Crippen LogP contribution in [-0.2, 0) is 4.43 Å². The van der Waals surface area contributed by atoms with Gasteiger partial charge in [-0.3, -0.25) is 0 Å². The molecule has 0 radical (unpaired) electrons. The van der Waals surface area contributed by atoms with Crippen molar-refractivity contribution in [3.63, 3.8) is 0 Å². The molecule has 0 saturated heterocycles. The molecule has 0 spiro atoms. The first-order chi connectivity index (χ1) is 9.89. The Balaban J connectivity index is 4.13. The maximum Gasteiger partial charge on any atom is 0.191 e. The largest absolute Gasteiger partial charge is 0.417 e. The van der Waals surface area contributed by atoms with Crippen molar-refractivity contribution in [1.82, 2.24) is 0 Å².